The lowest BCUT2D eigenvalue weighted by Gasteiger charge is -2.33. The molecule has 5 rings (SSSR count). The number of rotatable bonds is 4. The number of Topliss-reactive ketones (excluding diaryl/α,β-unsaturated/α-hetero) is 1. The molecule has 154 valence electrons. The number of carbonyl (C=O) groups is 1. The maximum Gasteiger partial charge on any atom is 0.231 e. The monoisotopic (exact) mass is 405 g/mol. The molecule has 0 amide bonds. The highest BCUT2D eigenvalue weighted by molar-refractivity contribution is 6.08. The number of methoxy groups -OCH3 is 2. The van der Waals surface area contributed by atoms with E-state index in [1.807, 2.05) is 18.2 Å². The lowest BCUT2D eigenvalue weighted by molar-refractivity contribution is -0.116. The molecule has 2 aliphatic heterocycles. The molecule has 0 saturated carbocycles. The highest BCUT2D eigenvalue weighted by Gasteiger charge is 2.29. The second-order valence-electron chi connectivity index (χ2n) is 7.75. The predicted octanol–water partition coefficient (Wildman–Crippen LogP) is 4.33. The van der Waals surface area contributed by atoms with E-state index in [1.165, 1.54) is 0 Å². The first kappa shape index (κ1) is 18.6. The van der Waals surface area contributed by atoms with Gasteiger partial charge < -0.3 is 23.8 Å². The summed E-state index contributed by atoms with van der Waals surface area (Å²) in [6.07, 6.45) is 0.342. The Labute approximate surface area is 174 Å². The van der Waals surface area contributed by atoms with Crippen LogP contribution >= 0.6 is 0 Å². The van der Waals surface area contributed by atoms with Crippen molar-refractivity contribution >= 4 is 22.2 Å². The third-order valence-electron chi connectivity index (χ3n) is 5.82. The van der Waals surface area contributed by atoms with Crippen molar-refractivity contribution in [3.05, 3.63) is 41.5 Å². The fourth-order valence-electron chi connectivity index (χ4n) is 4.61. The van der Waals surface area contributed by atoms with Gasteiger partial charge in [-0.1, -0.05) is 6.07 Å². The van der Waals surface area contributed by atoms with Crippen LogP contribution in [0.1, 0.15) is 18.1 Å². The van der Waals surface area contributed by atoms with E-state index in [1.54, 1.807) is 21.1 Å². The molecule has 0 saturated heterocycles. The van der Waals surface area contributed by atoms with Gasteiger partial charge in [-0.15, -0.1) is 0 Å². The number of ether oxygens (including phenoxy) is 4. The molecule has 0 unspecified atom stereocenters. The molecule has 6 heteroatoms. The molecule has 3 aromatic rings. The van der Waals surface area contributed by atoms with Gasteiger partial charge in [0.05, 0.1) is 19.9 Å². The fraction of sp³-hybridized carbons (Fsp3) is 0.292. The molecule has 30 heavy (non-hydrogen) atoms. The average molecular weight is 405 g/mol. The summed E-state index contributed by atoms with van der Waals surface area (Å²) in [7, 11) is 5.38. The van der Waals surface area contributed by atoms with Gasteiger partial charge in [0.1, 0.15) is 5.78 Å². The zero-order valence-electron chi connectivity index (χ0n) is 17.5. The molecular formula is C24H23NO5. The summed E-state index contributed by atoms with van der Waals surface area (Å²) >= 11 is 0. The van der Waals surface area contributed by atoms with Crippen LogP contribution in [-0.2, 0) is 17.8 Å². The van der Waals surface area contributed by atoms with Gasteiger partial charge in [0.2, 0.25) is 6.79 Å². The SMILES string of the molecule is COc1ccc2c(c1OC)-c1cc(CC(C)=O)c3cc4c(cc3c1N(C)C2)OCO4. The van der Waals surface area contributed by atoms with Gasteiger partial charge in [-0.25, -0.2) is 0 Å². The summed E-state index contributed by atoms with van der Waals surface area (Å²) in [5, 5.41) is 2.04. The van der Waals surface area contributed by atoms with Gasteiger partial charge in [-0.05, 0) is 47.7 Å². The van der Waals surface area contributed by atoms with Crippen molar-refractivity contribution in [2.45, 2.75) is 19.9 Å². The number of nitrogens with zero attached hydrogens (tertiary/aromatic N) is 1. The van der Waals surface area contributed by atoms with Gasteiger partial charge in [-0.2, -0.15) is 0 Å². The quantitative estimate of drug-likeness (QED) is 0.644. The summed E-state index contributed by atoms with van der Waals surface area (Å²) in [6, 6.07) is 10.1. The van der Waals surface area contributed by atoms with Crippen molar-refractivity contribution in [1.82, 2.24) is 0 Å². The van der Waals surface area contributed by atoms with Gasteiger partial charge in [0.25, 0.3) is 0 Å². The van der Waals surface area contributed by atoms with Crippen LogP contribution < -0.4 is 23.8 Å². The third-order valence-corrected chi connectivity index (χ3v) is 5.82. The predicted molar refractivity (Wildman–Crippen MR) is 115 cm³/mol. The first-order chi connectivity index (χ1) is 14.5. The van der Waals surface area contributed by atoms with E-state index in [-0.39, 0.29) is 12.6 Å². The number of hydrogen-bond acceptors (Lipinski definition) is 6. The average Bonchev–Trinajstić information content (AvgIpc) is 3.18. The highest BCUT2D eigenvalue weighted by atomic mass is 16.7. The normalized spacial score (nSPS) is 13.8. The highest BCUT2D eigenvalue weighted by Crippen LogP contribution is 2.52. The van der Waals surface area contributed by atoms with Crippen molar-refractivity contribution in [2.24, 2.45) is 0 Å². The van der Waals surface area contributed by atoms with Crippen molar-refractivity contribution < 1.29 is 23.7 Å². The van der Waals surface area contributed by atoms with E-state index >= 15 is 0 Å². The second kappa shape index (κ2) is 6.83. The minimum absolute atomic E-state index is 0.107. The molecule has 0 radical (unpaired) electrons. The molecule has 0 aliphatic carbocycles. The summed E-state index contributed by atoms with van der Waals surface area (Å²) in [5.74, 6) is 2.94. The van der Waals surface area contributed by atoms with Gasteiger partial charge in [0, 0.05) is 36.5 Å². The number of benzene rings is 3. The molecule has 0 fully saturated rings. The van der Waals surface area contributed by atoms with Crippen LogP contribution in [0.4, 0.5) is 5.69 Å². The van der Waals surface area contributed by atoms with E-state index in [0.717, 1.165) is 51.0 Å². The van der Waals surface area contributed by atoms with Crippen LogP contribution in [0.25, 0.3) is 21.9 Å². The summed E-state index contributed by atoms with van der Waals surface area (Å²) in [5.41, 5.74) is 5.22. The van der Waals surface area contributed by atoms with Crippen molar-refractivity contribution in [3.63, 3.8) is 0 Å². The number of carbonyl (C=O) groups excluding carboxylic acids is 1. The number of hydrogen-bond donors (Lipinski definition) is 0. The Morgan fingerprint density at radius 3 is 2.47 bits per heavy atom. The first-order valence-corrected chi connectivity index (χ1v) is 9.85. The molecule has 0 N–H and O–H groups in total. The molecule has 0 spiro atoms. The number of ketones is 1. The topological polar surface area (TPSA) is 57.2 Å². The van der Waals surface area contributed by atoms with Crippen LogP contribution in [0.2, 0.25) is 0 Å². The van der Waals surface area contributed by atoms with Gasteiger partial charge in [0.15, 0.2) is 23.0 Å². The molecular weight excluding hydrogens is 382 g/mol. The Bertz CT molecular complexity index is 1200. The second-order valence-corrected chi connectivity index (χ2v) is 7.75. The lowest BCUT2D eigenvalue weighted by Crippen LogP contribution is -2.22. The van der Waals surface area contributed by atoms with Gasteiger partial charge >= 0.3 is 0 Å². The number of fused-ring (bicyclic) bond motifs is 6. The minimum Gasteiger partial charge on any atom is -0.493 e. The van der Waals surface area contributed by atoms with E-state index in [9.17, 15) is 4.79 Å². The summed E-state index contributed by atoms with van der Waals surface area (Å²) < 4.78 is 22.6. The maximum atomic E-state index is 12.1. The van der Waals surface area contributed by atoms with E-state index in [2.05, 4.69) is 24.1 Å². The van der Waals surface area contributed by atoms with Crippen molar-refractivity contribution in [2.75, 3.05) is 33.0 Å². The van der Waals surface area contributed by atoms with E-state index in [4.69, 9.17) is 18.9 Å². The molecule has 6 nitrogen and oxygen atoms in total. The Hall–Kier alpha value is -3.41. The summed E-state index contributed by atoms with van der Waals surface area (Å²) in [6.45, 7) is 2.56. The van der Waals surface area contributed by atoms with Crippen LogP contribution in [0.15, 0.2) is 30.3 Å². The Kier molecular flexibility index (Phi) is 4.24. The van der Waals surface area contributed by atoms with Crippen molar-refractivity contribution in [3.8, 4) is 34.1 Å². The standard InChI is InChI=1S/C24H23NO5/c1-13(26)7-15-8-18-22-14(5-6-19(27-3)24(22)28-4)11-25(2)23(18)17-10-21-20(9-16(15)17)29-12-30-21/h5-6,8-10H,7,11-12H2,1-4H3. The molecule has 2 heterocycles. The molecule has 2 aliphatic rings. The maximum absolute atomic E-state index is 12.1. The Morgan fingerprint density at radius 1 is 1.07 bits per heavy atom. The van der Waals surface area contributed by atoms with Crippen LogP contribution in [0.5, 0.6) is 23.0 Å². The summed E-state index contributed by atoms with van der Waals surface area (Å²) in [4.78, 5) is 14.3. The van der Waals surface area contributed by atoms with Crippen LogP contribution in [-0.4, -0.2) is 33.8 Å². The zero-order valence-corrected chi connectivity index (χ0v) is 17.5. The first-order valence-electron chi connectivity index (χ1n) is 9.85. The van der Waals surface area contributed by atoms with Crippen LogP contribution in [0.3, 0.4) is 0 Å². The third kappa shape index (κ3) is 2.67. The largest absolute Gasteiger partial charge is 0.493 e. The minimum atomic E-state index is 0.107. The fourth-order valence-corrected chi connectivity index (χ4v) is 4.61. The lowest BCUT2D eigenvalue weighted by atomic mass is 9.86. The van der Waals surface area contributed by atoms with E-state index < -0.39 is 0 Å². The van der Waals surface area contributed by atoms with Gasteiger partial charge in [-0.3, -0.25) is 4.79 Å². The number of anilines is 1. The zero-order chi connectivity index (χ0) is 21.0. The smallest absolute Gasteiger partial charge is 0.231 e. The van der Waals surface area contributed by atoms with Crippen molar-refractivity contribution in [1.29, 1.82) is 0 Å². The molecule has 3 aromatic carbocycles. The Balaban J connectivity index is 1.89. The molecule has 0 aromatic heterocycles. The van der Waals surface area contributed by atoms with Crippen LogP contribution in [0, 0.1) is 0 Å². The van der Waals surface area contributed by atoms with E-state index in [0.29, 0.717) is 23.7 Å². The Morgan fingerprint density at radius 2 is 1.80 bits per heavy atom. The molecule has 0 bridgehead atoms. The molecule has 0 atom stereocenters.